The van der Waals surface area contributed by atoms with Crippen LogP contribution in [0.2, 0.25) is 5.02 Å². The van der Waals surface area contributed by atoms with Crippen LogP contribution in [0.15, 0.2) is 60.0 Å². The fourth-order valence-electron chi connectivity index (χ4n) is 2.00. The summed E-state index contributed by atoms with van der Waals surface area (Å²) in [5, 5.41) is 12.2. The minimum absolute atomic E-state index is 0.0928. The SMILES string of the molecule is O=C(CSc1nncn1-c1cccc(Cl)c1)Nc1ccccc1I. The van der Waals surface area contributed by atoms with Crippen LogP contribution in [0.5, 0.6) is 0 Å². The first-order chi connectivity index (χ1) is 11.6. The summed E-state index contributed by atoms with van der Waals surface area (Å²) in [6.45, 7) is 0. The van der Waals surface area contributed by atoms with E-state index in [9.17, 15) is 4.79 Å². The van der Waals surface area contributed by atoms with E-state index in [-0.39, 0.29) is 11.7 Å². The Morgan fingerprint density at radius 2 is 2.08 bits per heavy atom. The van der Waals surface area contributed by atoms with Gasteiger partial charge in [-0.15, -0.1) is 10.2 Å². The van der Waals surface area contributed by atoms with Gasteiger partial charge in [0.05, 0.1) is 17.1 Å². The Morgan fingerprint density at radius 1 is 1.25 bits per heavy atom. The van der Waals surface area contributed by atoms with E-state index >= 15 is 0 Å². The van der Waals surface area contributed by atoms with Gasteiger partial charge in [0.15, 0.2) is 5.16 Å². The van der Waals surface area contributed by atoms with Gasteiger partial charge in [-0.25, -0.2) is 0 Å². The lowest BCUT2D eigenvalue weighted by atomic mass is 10.3. The van der Waals surface area contributed by atoms with Crippen LogP contribution in [-0.4, -0.2) is 26.4 Å². The molecule has 0 fully saturated rings. The van der Waals surface area contributed by atoms with Crippen molar-refractivity contribution in [3.05, 3.63) is 63.5 Å². The molecule has 0 saturated heterocycles. The average Bonchev–Trinajstić information content (AvgIpc) is 3.04. The number of anilines is 1. The zero-order valence-corrected chi connectivity index (χ0v) is 16.0. The molecule has 1 N–H and O–H groups in total. The highest BCUT2D eigenvalue weighted by atomic mass is 127. The monoisotopic (exact) mass is 470 g/mol. The van der Waals surface area contributed by atoms with E-state index in [2.05, 4.69) is 38.1 Å². The fourth-order valence-corrected chi connectivity index (χ4v) is 3.44. The van der Waals surface area contributed by atoms with E-state index in [1.165, 1.54) is 11.8 Å². The molecule has 1 aromatic heterocycles. The van der Waals surface area contributed by atoms with E-state index in [0.717, 1.165) is 14.9 Å². The van der Waals surface area contributed by atoms with Crippen molar-refractivity contribution in [2.75, 3.05) is 11.1 Å². The molecule has 1 amide bonds. The lowest BCUT2D eigenvalue weighted by molar-refractivity contribution is -0.113. The molecule has 0 aliphatic rings. The standard InChI is InChI=1S/C16H12ClIN4OS/c17-11-4-3-5-12(8-11)22-10-19-21-16(22)24-9-15(23)20-14-7-2-1-6-13(14)18/h1-8,10H,9H2,(H,20,23). The molecule has 8 heteroatoms. The van der Waals surface area contributed by atoms with Gasteiger partial charge in [-0.1, -0.05) is 41.6 Å². The van der Waals surface area contributed by atoms with E-state index in [1.54, 1.807) is 17.0 Å². The quantitative estimate of drug-likeness (QED) is 0.447. The number of nitrogens with zero attached hydrogens (tertiary/aromatic N) is 3. The van der Waals surface area contributed by atoms with Gasteiger partial charge in [0.2, 0.25) is 5.91 Å². The number of para-hydroxylation sites is 1. The highest BCUT2D eigenvalue weighted by Gasteiger charge is 2.11. The van der Waals surface area contributed by atoms with Crippen molar-refractivity contribution in [2.24, 2.45) is 0 Å². The van der Waals surface area contributed by atoms with Gasteiger partial charge < -0.3 is 5.32 Å². The highest BCUT2D eigenvalue weighted by Crippen LogP contribution is 2.22. The first-order valence-corrected chi connectivity index (χ1v) is 9.41. The van der Waals surface area contributed by atoms with Crippen molar-refractivity contribution in [3.63, 3.8) is 0 Å². The molecule has 0 aliphatic carbocycles. The Balaban J connectivity index is 1.67. The lowest BCUT2D eigenvalue weighted by Gasteiger charge is -2.08. The van der Waals surface area contributed by atoms with Crippen LogP contribution in [0.3, 0.4) is 0 Å². The first-order valence-electron chi connectivity index (χ1n) is 6.96. The van der Waals surface area contributed by atoms with Crippen molar-refractivity contribution in [2.45, 2.75) is 5.16 Å². The number of hydrogen-bond donors (Lipinski definition) is 1. The van der Waals surface area contributed by atoms with Crippen LogP contribution >= 0.6 is 46.0 Å². The average molecular weight is 471 g/mol. The van der Waals surface area contributed by atoms with Crippen LogP contribution in [0.1, 0.15) is 0 Å². The van der Waals surface area contributed by atoms with Crippen molar-refractivity contribution in [3.8, 4) is 5.69 Å². The molecule has 3 aromatic rings. The number of halogens is 2. The Bertz CT molecular complexity index is 871. The molecule has 0 radical (unpaired) electrons. The molecule has 0 atom stereocenters. The second kappa shape index (κ2) is 8.00. The van der Waals surface area contributed by atoms with E-state index in [1.807, 2.05) is 42.5 Å². The minimum atomic E-state index is -0.0928. The molecular formula is C16H12ClIN4OS. The second-order valence-electron chi connectivity index (χ2n) is 4.78. The first kappa shape index (κ1) is 17.2. The van der Waals surface area contributed by atoms with Gasteiger partial charge in [0.25, 0.3) is 0 Å². The van der Waals surface area contributed by atoms with Crippen LogP contribution in [0, 0.1) is 3.57 Å². The number of carbonyl (C=O) groups is 1. The van der Waals surface area contributed by atoms with Crippen molar-refractivity contribution >= 4 is 57.5 Å². The third kappa shape index (κ3) is 4.28. The molecular weight excluding hydrogens is 459 g/mol. The smallest absolute Gasteiger partial charge is 0.234 e. The maximum absolute atomic E-state index is 12.1. The Morgan fingerprint density at radius 3 is 2.88 bits per heavy atom. The highest BCUT2D eigenvalue weighted by molar-refractivity contribution is 14.1. The van der Waals surface area contributed by atoms with Crippen LogP contribution in [0.25, 0.3) is 5.69 Å². The fraction of sp³-hybridized carbons (Fsp3) is 0.0625. The molecule has 0 saturated carbocycles. The van der Waals surface area contributed by atoms with E-state index in [0.29, 0.717) is 10.2 Å². The van der Waals surface area contributed by atoms with E-state index in [4.69, 9.17) is 11.6 Å². The van der Waals surface area contributed by atoms with E-state index < -0.39 is 0 Å². The molecule has 3 rings (SSSR count). The third-order valence-corrected chi connectivity index (χ3v) is 5.20. The van der Waals surface area contributed by atoms with Gasteiger partial charge in [-0.2, -0.15) is 0 Å². The number of carbonyl (C=O) groups excluding carboxylic acids is 1. The largest absolute Gasteiger partial charge is 0.324 e. The topological polar surface area (TPSA) is 59.8 Å². The molecule has 24 heavy (non-hydrogen) atoms. The molecule has 5 nitrogen and oxygen atoms in total. The van der Waals surface area contributed by atoms with Crippen LogP contribution < -0.4 is 5.32 Å². The van der Waals surface area contributed by atoms with Gasteiger partial charge in [0, 0.05) is 8.59 Å². The molecule has 2 aromatic carbocycles. The Kier molecular flexibility index (Phi) is 5.75. The number of hydrogen-bond acceptors (Lipinski definition) is 4. The summed E-state index contributed by atoms with van der Waals surface area (Å²) in [6, 6.07) is 15.0. The number of benzene rings is 2. The zero-order chi connectivity index (χ0) is 16.9. The molecule has 0 bridgehead atoms. The van der Waals surface area contributed by atoms with Crippen LogP contribution in [0.4, 0.5) is 5.69 Å². The number of rotatable bonds is 5. The summed E-state index contributed by atoms with van der Waals surface area (Å²) in [5.41, 5.74) is 1.66. The molecule has 0 unspecified atom stereocenters. The Hall–Kier alpha value is -1.58. The summed E-state index contributed by atoms with van der Waals surface area (Å²) in [5.74, 6) is 0.147. The normalized spacial score (nSPS) is 10.6. The maximum atomic E-state index is 12.1. The molecule has 0 aliphatic heterocycles. The number of nitrogens with one attached hydrogen (secondary N) is 1. The lowest BCUT2D eigenvalue weighted by Crippen LogP contribution is -2.15. The maximum Gasteiger partial charge on any atom is 0.234 e. The van der Waals surface area contributed by atoms with Crippen LogP contribution in [-0.2, 0) is 4.79 Å². The molecule has 122 valence electrons. The van der Waals surface area contributed by atoms with Gasteiger partial charge in [-0.3, -0.25) is 9.36 Å². The van der Waals surface area contributed by atoms with Gasteiger partial charge in [-0.05, 0) is 52.9 Å². The molecule has 1 heterocycles. The van der Waals surface area contributed by atoms with Gasteiger partial charge >= 0.3 is 0 Å². The summed E-state index contributed by atoms with van der Waals surface area (Å²) >= 11 is 9.53. The predicted octanol–water partition coefficient (Wildman–Crippen LogP) is 4.26. The number of thioether (sulfide) groups is 1. The van der Waals surface area contributed by atoms with Crippen molar-refractivity contribution in [1.82, 2.24) is 14.8 Å². The summed E-state index contributed by atoms with van der Waals surface area (Å²) in [4.78, 5) is 12.1. The summed E-state index contributed by atoms with van der Waals surface area (Å²) < 4.78 is 2.80. The Labute approximate surface area is 162 Å². The van der Waals surface area contributed by atoms with Crippen molar-refractivity contribution in [1.29, 1.82) is 0 Å². The number of amides is 1. The third-order valence-electron chi connectivity index (χ3n) is 3.08. The summed E-state index contributed by atoms with van der Waals surface area (Å²) in [7, 11) is 0. The zero-order valence-electron chi connectivity index (χ0n) is 12.3. The predicted molar refractivity (Wildman–Crippen MR) is 105 cm³/mol. The minimum Gasteiger partial charge on any atom is -0.324 e. The van der Waals surface area contributed by atoms with Gasteiger partial charge in [0.1, 0.15) is 6.33 Å². The van der Waals surface area contributed by atoms with Crippen molar-refractivity contribution < 1.29 is 4.79 Å². The molecule has 0 spiro atoms. The summed E-state index contributed by atoms with van der Waals surface area (Å²) in [6.07, 6.45) is 1.60. The number of aromatic nitrogens is 3. The second-order valence-corrected chi connectivity index (χ2v) is 7.32.